The Hall–Kier alpha value is -1.59. The van der Waals surface area contributed by atoms with Crippen molar-refractivity contribution < 1.29 is 9.59 Å². The van der Waals surface area contributed by atoms with Crippen LogP contribution in [0, 0.1) is 5.92 Å². The van der Waals surface area contributed by atoms with Gasteiger partial charge in [-0.25, -0.2) is 0 Å². The fourth-order valence-electron chi connectivity index (χ4n) is 3.36. The summed E-state index contributed by atoms with van der Waals surface area (Å²) in [5.74, 6) is 0.0281. The van der Waals surface area contributed by atoms with Gasteiger partial charge in [-0.2, -0.15) is 0 Å². The van der Waals surface area contributed by atoms with Crippen LogP contribution >= 0.6 is 12.4 Å². The fourth-order valence-corrected chi connectivity index (χ4v) is 3.36. The number of likely N-dealkylation sites (tertiary alicyclic amines) is 1. The number of rotatable bonds is 3. The third kappa shape index (κ3) is 4.48. The summed E-state index contributed by atoms with van der Waals surface area (Å²) in [7, 11) is 0. The number of hydrogen-bond donors (Lipinski definition) is 2. The van der Waals surface area contributed by atoms with Crippen LogP contribution in [0.5, 0.6) is 0 Å². The van der Waals surface area contributed by atoms with Gasteiger partial charge in [-0.3, -0.25) is 9.59 Å². The molecule has 1 unspecified atom stereocenters. The van der Waals surface area contributed by atoms with Gasteiger partial charge in [0.1, 0.15) is 0 Å². The molecule has 0 saturated carbocycles. The first-order valence-electron chi connectivity index (χ1n) is 8.65. The summed E-state index contributed by atoms with van der Waals surface area (Å²) in [4.78, 5) is 27.1. The third-order valence-corrected chi connectivity index (χ3v) is 4.73. The van der Waals surface area contributed by atoms with E-state index in [-0.39, 0.29) is 30.1 Å². The van der Waals surface area contributed by atoms with Gasteiger partial charge in [-0.1, -0.05) is 12.1 Å². The quantitative estimate of drug-likeness (QED) is 0.880. The molecular weight excluding hydrogens is 326 g/mol. The van der Waals surface area contributed by atoms with Crippen molar-refractivity contribution in [2.24, 2.45) is 5.92 Å². The first kappa shape index (κ1) is 18.7. The normalized spacial score (nSPS) is 20.8. The zero-order valence-corrected chi connectivity index (χ0v) is 14.7. The maximum absolute atomic E-state index is 12.7. The summed E-state index contributed by atoms with van der Waals surface area (Å²) in [6.45, 7) is 3.32. The molecular formula is C18H26ClN3O2. The molecule has 2 amide bonds. The molecule has 0 aliphatic carbocycles. The van der Waals surface area contributed by atoms with Crippen LogP contribution in [0.2, 0.25) is 0 Å². The highest BCUT2D eigenvalue weighted by Gasteiger charge is 2.24. The van der Waals surface area contributed by atoms with Crippen LogP contribution in [0.4, 0.5) is 5.69 Å². The van der Waals surface area contributed by atoms with Crippen LogP contribution in [-0.4, -0.2) is 42.9 Å². The summed E-state index contributed by atoms with van der Waals surface area (Å²) >= 11 is 0. The summed E-state index contributed by atoms with van der Waals surface area (Å²) in [6.07, 6.45) is 5.24. The van der Waals surface area contributed by atoms with E-state index < -0.39 is 0 Å². The number of carbonyl (C=O) groups excluding carboxylic acids is 2. The Morgan fingerprint density at radius 3 is 2.54 bits per heavy atom. The number of amides is 2. The number of halogens is 1. The van der Waals surface area contributed by atoms with Crippen LogP contribution in [0.3, 0.4) is 0 Å². The lowest BCUT2D eigenvalue weighted by Gasteiger charge is -2.28. The Bertz CT molecular complexity index is 567. The predicted molar refractivity (Wildman–Crippen MR) is 97.7 cm³/mol. The van der Waals surface area contributed by atoms with E-state index in [2.05, 4.69) is 10.6 Å². The monoisotopic (exact) mass is 351 g/mol. The van der Waals surface area contributed by atoms with Crippen LogP contribution in [0.15, 0.2) is 24.3 Å². The molecule has 2 saturated heterocycles. The molecule has 5 nitrogen and oxygen atoms in total. The SMILES string of the molecule is Cl.O=C(Nc1ccccc1C(=O)N1CCCCC1)C1CCCNC1. The number of para-hydroxylation sites is 1. The van der Waals surface area contributed by atoms with E-state index in [4.69, 9.17) is 0 Å². The molecule has 0 bridgehead atoms. The zero-order chi connectivity index (χ0) is 16.1. The van der Waals surface area contributed by atoms with E-state index in [0.29, 0.717) is 17.8 Å². The molecule has 0 spiro atoms. The number of benzene rings is 1. The van der Waals surface area contributed by atoms with Gasteiger partial charge in [-0.15, -0.1) is 12.4 Å². The van der Waals surface area contributed by atoms with Gasteiger partial charge in [0, 0.05) is 19.6 Å². The van der Waals surface area contributed by atoms with Crippen LogP contribution in [0.25, 0.3) is 0 Å². The molecule has 24 heavy (non-hydrogen) atoms. The Morgan fingerprint density at radius 1 is 1.08 bits per heavy atom. The number of piperidine rings is 2. The second-order valence-electron chi connectivity index (χ2n) is 6.43. The van der Waals surface area contributed by atoms with Gasteiger partial charge >= 0.3 is 0 Å². The summed E-state index contributed by atoms with van der Waals surface area (Å²) in [6, 6.07) is 7.35. The van der Waals surface area contributed by atoms with E-state index in [1.807, 2.05) is 29.2 Å². The van der Waals surface area contributed by atoms with E-state index in [9.17, 15) is 9.59 Å². The van der Waals surface area contributed by atoms with Crippen LogP contribution in [-0.2, 0) is 4.79 Å². The van der Waals surface area contributed by atoms with Crippen molar-refractivity contribution in [1.29, 1.82) is 0 Å². The van der Waals surface area contributed by atoms with Crippen molar-refractivity contribution in [3.05, 3.63) is 29.8 Å². The maximum atomic E-state index is 12.7. The number of nitrogens with one attached hydrogen (secondary N) is 2. The summed E-state index contributed by atoms with van der Waals surface area (Å²) in [5.41, 5.74) is 1.24. The van der Waals surface area contributed by atoms with Crippen molar-refractivity contribution in [1.82, 2.24) is 10.2 Å². The number of anilines is 1. The molecule has 1 atom stereocenters. The molecule has 2 fully saturated rings. The minimum absolute atomic E-state index is 0. The van der Waals surface area contributed by atoms with Gasteiger partial charge in [0.25, 0.3) is 5.91 Å². The lowest BCUT2D eigenvalue weighted by Crippen LogP contribution is -2.38. The van der Waals surface area contributed by atoms with Crippen LogP contribution < -0.4 is 10.6 Å². The zero-order valence-electron chi connectivity index (χ0n) is 13.9. The van der Waals surface area contributed by atoms with Crippen molar-refractivity contribution >= 4 is 29.9 Å². The third-order valence-electron chi connectivity index (χ3n) is 4.73. The molecule has 3 rings (SSSR count). The Balaban J connectivity index is 0.00000208. The topological polar surface area (TPSA) is 61.4 Å². The molecule has 1 aromatic rings. The second kappa shape index (κ2) is 9.04. The van der Waals surface area contributed by atoms with Crippen LogP contribution in [0.1, 0.15) is 42.5 Å². The first-order valence-corrected chi connectivity index (χ1v) is 8.65. The molecule has 2 aliphatic heterocycles. The predicted octanol–water partition coefficient (Wildman–Crippen LogP) is 2.67. The number of hydrogen-bond acceptors (Lipinski definition) is 3. The number of nitrogens with zero attached hydrogens (tertiary/aromatic N) is 1. The highest BCUT2D eigenvalue weighted by atomic mass is 35.5. The van der Waals surface area contributed by atoms with Gasteiger partial charge in [-0.05, 0) is 50.8 Å². The van der Waals surface area contributed by atoms with Crippen molar-refractivity contribution in [2.75, 3.05) is 31.5 Å². The molecule has 2 aliphatic rings. The summed E-state index contributed by atoms with van der Waals surface area (Å²) in [5, 5.41) is 6.23. The molecule has 132 valence electrons. The minimum atomic E-state index is -0.0121. The first-order chi connectivity index (χ1) is 11.3. The molecule has 0 radical (unpaired) electrons. The number of carbonyl (C=O) groups is 2. The average Bonchev–Trinajstić information content (AvgIpc) is 2.63. The molecule has 2 N–H and O–H groups in total. The molecule has 6 heteroatoms. The lowest BCUT2D eigenvalue weighted by atomic mass is 9.98. The molecule has 2 heterocycles. The van der Waals surface area contributed by atoms with Gasteiger partial charge in [0.2, 0.25) is 5.91 Å². The Labute approximate surface area is 149 Å². The Kier molecular flexibility index (Phi) is 7.06. The maximum Gasteiger partial charge on any atom is 0.255 e. The van der Waals surface area contributed by atoms with E-state index in [1.54, 1.807) is 0 Å². The van der Waals surface area contributed by atoms with Crippen molar-refractivity contribution in [3.8, 4) is 0 Å². The second-order valence-corrected chi connectivity index (χ2v) is 6.43. The average molecular weight is 352 g/mol. The van der Waals surface area contributed by atoms with Gasteiger partial charge < -0.3 is 15.5 Å². The van der Waals surface area contributed by atoms with Gasteiger partial charge in [0.05, 0.1) is 17.2 Å². The minimum Gasteiger partial charge on any atom is -0.339 e. The Morgan fingerprint density at radius 2 is 1.83 bits per heavy atom. The lowest BCUT2D eigenvalue weighted by molar-refractivity contribution is -0.120. The molecule has 1 aromatic carbocycles. The highest BCUT2D eigenvalue weighted by molar-refractivity contribution is 6.04. The van der Waals surface area contributed by atoms with E-state index >= 15 is 0 Å². The van der Waals surface area contributed by atoms with E-state index in [0.717, 1.165) is 45.3 Å². The molecule has 0 aromatic heterocycles. The van der Waals surface area contributed by atoms with E-state index in [1.165, 1.54) is 6.42 Å². The highest BCUT2D eigenvalue weighted by Crippen LogP contribution is 2.21. The van der Waals surface area contributed by atoms with Crippen molar-refractivity contribution in [2.45, 2.75) is 32.1 Å². The smallest absolute Gasteiger partial charge is 0.255 e. The van der Waals surface area contributed by atoms with Crippen molar-refractivity contribution in [3.63, 3.8) is 0 Å². The van der Waals surface area contributed by atoms with Gasteiger partial charge in [0.15, 0.2) is 0 Å². The standard InChI is InChI=1S/C18H25N3O2.ClH/c22-17(14-7-6-10-19-13-14)20-16-9-3-2-8-15(16)18(23)21-11-4-1-5-12-21;/h2-3,8-9,14,19H,1,4-7,10-13H2,(H,20,22);1H. The summed E-state index contributed by atoms with van der Waals surface area (Å²) < 4.78 is 0. The largest absolute Gasteiger partial charge is 0.339 e. The fraction of sp³-hybridized carbons (Fsp3) is 0.556.